The van der Waals surface area contributed by atoms with Crippen molar-refractivity contribution in [1.29, 1.82) is 0 Å². The molecular formula is C42H48N4. The Bertz CT molecular complexity index is 1520. The average Bonchev–Trinajstić information content (AvgIpc) is 3.58. The van der Waals surface area contributed by atoms with Crippen molar-refractivity contribution in [2.24, 2.45) is 0 Å². The minimum absolute atomic E-state index is 0.414. The molecule has 2 heterocycles. The second-order valence-electron chi connectivity index (χ2n) is 14.1. The van der Waals surface area contributed by atoms with Crippen molar-refractivity contribution in [3.8, 4) is 0 Å². The fraction of sp³-hybridized carbons (Fsp3) is 0.381. The molecule has 4 atom stereocenters. The number of anilines is 4. The highest BCUT2D eigenvalue weighted by atomic mass is 15.5. The van der Waals surface area contributed by atoms with Crippen molar-refractivity contribution in [3.05, 3.63) is 131 Å². The zero-order chi connectivity index (χ0) is 31.4. The van der Waals surface area contributed by atoms with Crippen molar-refractivity contribution in [1.82, 2.24) is 0 Å². The van der Waals surface area contributed by atoms with Gasteiger partial charge >= 0.3 is 0 Å². The molecule has 4 aromatic rings. The minimum Gasteiger partial charge on any atom is -0.319 e. The number of benzene rings is 4. The van der Waals surface area contributed by atoms with Crippen LogP contribution in [0.15, 0.2) is 109 Å². The van der Waals surface area contributed by atoms with Gasteiger partial charge in [0.25, 0.3) is 0 Å². The molecule has 2 saturated heterocycles. The molecule has 4 aromatic carbocycles. The Morgan fingerprint density at radius 1 is 0.348 bits per heavy atom. The van der Waals surface area contributed by atoms with E-state index < -0.39 is 0 Å². The first-order valence-corrected chi connectivity index (χ1v) is 17.7. The van der Waals surface area contributed by atoms with E-state index in [-0.39, 0.29) is 0 Å². The van der Waals surface area contributed by atoms with E-state index in [0.29, 0.717) is 24.2 Å². The second-order valence-corrected chi connectivity index (χ2v) is 14.1. The van der Waals surface area contributed by atoms with E-state index in [0.717, 1.165) is 0 Å². The van der Waals surface area contributed by atoms with E-state index in [9.17, 15) is 0 Å². The first kappa shape index (κ1) is 29.2. The molecule has 4 heteroatoms. The highest BCUT2D eigenvalue weighted by Crippen LogP contribution is 2.52. The third-order valence-electron chi connectivity index (χ3n) is 11.3. The van der Waals surface area contributed by atoms with Gasteiger partial charge in [-0.2, -0.15) is 0 Å². The van der Waals surface area contributed by atoms with Gasteiger partial charge < -0.3 is 19.6 Å². The summed E-state index contributed by atoms with van der Waals surface area (Å²) in [6.45, 7) is 9.22. The number of fused-ring (bicyclic) bond motifs is 2. The lowest BCUT2D eigenvalue weighted by molar-refractivity contribution is 0.409. The summed E-state index contributed by atoms with van der Waals surface area (Å²) in [5.74, 6) is 2.72. The normalized spacial score (nSPS) is 24.4. The van der Waals surface area contributed by atoms with Gasteiger partial charge in [-0.1, -0.05) is 98.5 Å². The molecule has 46 heavy (non-hydrogen) atoms. The van der Waals surface area contributed by atoms with Gasteiger partial charge in [0.1, 0.15) is 0 Å². The summed E-state index contributed by atoms with van der Waals surface area (Å²) in [6.07, 6.45) is 9.95. The molecular weight excluding hydrogens is 560 g/mol. The van der Waals surface area contributed by atoms with Crippen LogP contribution < -0.4 is 19.6 Å². The van der Waals surface area contributed by atoms with Crippen LogP contribution in [0.2, 0.25) is 0 Å². The van der Waals surface area contributed by atoms with Crippen molar-refractivity contribution in [3.63, 3.8) is 0 Å². The Balaban J connectivity index is 1.51. The van der Waals surface area contributed by atoms with Gasteiger partial charge in [0.2, 0.25) is 0 Å². The molecule has 2 aliphatic carbocycles. The third-order valence-corrected chi connectivity index (χ3v) is 11.3. The maximum atomic E-state index is 2.80. The number of para-hydroxylation sites is 4. The fourth-order valence-electron chi connectivity index (χ4n) is 9.19. The summed E-state index contributed by atoms with van der Waals surface area (Å²) in [7, 11) is 0. The number of nitrogens with zero attached hydrogens (tertiary/aromatic N) is 4. The molecule has 4 unspecified atom stereocenters. The summed E-state index contributed by atoms with van der Waals surface area (Å²) in [6, 6.07) is 38.1. The summed E-state index contributed by atoms with van der Waals surface area (Å²) in [4.78, 5) is 11.2. The molecule has 2 aliphatic heterocycles. The molecule has 4 nitrogen and oxygen atoms in total. The fourth-order valence-corrected chi connectivity index (χ4v) is 9.19. The van der Waals surface area contributed by atoms with Crippen molar-refractivity contribution in [2.75, 3.05) is 19.6 Å². The average molecular weight is 609 g/mol. The maximum absolute atomic E-state index is 2.80. The number of aryl methyl sites for hydroxylation is 4. The third kappa shape index (κ3) is 4.63. The smallest absolute Gasteiger partial charge is 0.156 e. The monoisotopic (exact) mass is 608 g/mol. The molecule has 0 amide bonds. The summed E-state index contributed by atoms with van der Waals surface area (Å²) in [5, 5.41) is 0. The number of hydrogen-bond donors (Lipinski definition) is 0. The standard InChI is InChI=1S/C42H48N4/c1-29-17-5-9-21-33(29)43-37-25-13-14-26-38(37)44(34-22-10-6-18-30(34)2)41(43)42-45(35-23-11-7-19-31(35)3)39-27-15-16-28-40(39)46(42)36-24-12-8-20-32(36)4/h5-12,17-24,37-40H,13-16,25-28H2,1-4H3. The van der Waals surface area contributed by atoms with E-state index in [4.69, 9.17) is 0 Å². The molecule has 4 aliphatic rings. The van der Waals surface area contributed by atoms with E-state index in [1.807, 2.05) is 0 Å². The predicted octanol–water partition coefficient (Wildman–Crippen LogP) is 10.0. The van der Waals surface area contributed by atoms with Crippen molar-refractivity contribution in [2.45, 2.75) is 103 Å². The van der Waals surface area contributed by atoms with Gasteiger partial charge in [0.05, 0.1) is 24.2 Å². The van der Waals surface area contributed by atoms with E-state index >= 15 is 0 Å². The SMILES string of the molecule is Cc1ccccc1N1C(=C2N(c3ccccc3C)C3CCCCC3N2c2ccccc2C)N(c2ccccc2C)C2CCCCC21. The van der Waals surface area contributed by atoms with Crippen molar-refractivity contribution < 1.29 is 0 Å². The van der Waals surface area contributed by atoms with Crippen LogP contribution in [-0.2, 0) is 0 Å². The summed E-state index contributed by atoms with van der Waals surface area (Å²) >= 11 is 0. The van der Waals surface area contributed by atoms with E-state index in [1.54, 1.807) is 0 Å². The van der Waals surface area contributed by atoms with Crippen LogP contribution in [0.4, 0.5) is 22.7 Å². The van der Waals surface area contributed by atoms with Gasteiger partial charge in [0.15, 0.2) is 11.6 Å². The summed E-state index contributed by atoms with van der Waals surface area (Å²) < 4.78 is 0. The van der Waals surface area contributed by atoms with Crippen LogP contribution in [0.3, 0.4) is 0 Å². The molecule has 0 bridgehead atoms. The highest BCUT2D eigenvalue weighted by molar-refractivity contribution is 5.79. The quantitative estimate of drug-likeness (QED) is 0.229. The summed E-state index contributed by atoms with van der Waals surface area (Å²) in [5.41, 5.74) is 10.8. The number of hydrogen-bond acceptors (Lipinski definition) is 4. The van der Waals surface area contributed by atoms with Crippen LogP contribution in [0.25, 0.3) is 0 Å². The lowest BCUT2D eigenvalue weighted by Gasteiger charge is -2.37. The van der Waals surface area contributed by atoms with Crippen LogP contribution in [0, 0.1) is 27.7 Å². The minimum atomic E-state index is 0.414. The Morgan fingerprint density at radius 2 is 0.565 bits per heavy atom. The Kier molecular flexibility index (Phi) is 7.55. The van der Waals surface area contributed by atoms with Crippen LogP contribution in [-0.4, -0.2) is 24.2 Å². The molecule has 0 radical (unpaired) electrons. The number of rotatable bonds is 4. The van der Waals surface area contributed by atoms with Gasteiger partial charge in [-0.25, -0.2) is 0 Å². The Labute approximate surface area is 275 Å². The molecule has 2 saturated carbocycles. The molecule has 0 N–H and O–H groups in total. The largest absolute Gasteiger partial charge is 0.319 e. The maximum Gasteiger partial charge on any atom is 0.156 e. The van der Waals surface area contributed by atoms with Gasteiger partial charge in [-0.3, -0.25) is 0 Å². The zero-order valence-corrected chi connectivity index (χ0v) is 28.0. The molecule has 236 valence electrons. The molecule has 4 fully saturated rings. The Hall–Kier alpha value is -4.18. The van der Waals surface area contributed by atoms with E-state index in [2.05, 4.69) is 144 Å². The van der Waals surface area contributed by atoms with Crippen molar-refractivity contribution >= 4 is 22.7 Å². The molecule has 8 rings (SSSR count). The first-order chi connectivity index (χ1) is 22.5. The van der Waals surface area contributed by atoms with Crippen LogP contribution >= 0.6 is 0 Å². The lowest BCUT2D eigenvalue weighted by atomic mass is 9.89. The molecule has 0 spiro atoms. The first-order valence-electron chi connectivity index (χ1n) is 17.7. The van der Waals surface area contributed by atoms with E-state index in [1.165, 1.54) is 108 Å². The second kappa shape index (κ2) is 11.9. The lowest BCUT2D eigenvalue weighted by Crippen LogP contribution is -2.40. The van der Waals surface area contributed by atoms with Crippen LogP contribution in [0.1, 0.15) is 73.6 Å². The van der Waals surface area contributed by atoms with Gasteiger partial charge in [-0.15, -0.1) is 0 Å². The van der Waals surface area contributed by atoms with Gasteiger partial charge in [-0.05, 0) is 99.9 Å². The Morgan fingerprint density at radius 3 is 0.783 bits per heavy atom. The zero-order valence-electron chi connectivity index (χ0n) is 28.0. The van der Waals surface area contributed by atoms with Gasteiger partial charge in [0, 0.05) is 22.7 Å². The molecule has 0 aromatic heterocycles. The van der Waals surface area contributed by atoms with Crippen LogP contribution in [0.5, 0.6) is 0 Å². The topological polar surface area (TPSA) is 13.0 Å². The predicted molar refractivity (Wildman–Crippen MR) is 194 cm³/mol. The highest BCUT2D eigenvalue weighted by Gasteiger charge is 2.54.